The van der Waals surface area contributed by atoms with Gasteiger partial charge in [0, 0.05) is 18.4 Å². The molecule has 0 aliphatic rings. The van der Waals surface area contributed by atoms with Crippen molar-refractivity contribution in [2.45, 2.75) is 26.8 Å². The summed E-state index contributed by atoms with van der Waals surface area (Å²) in [7, 11) is 0. The minimum atomic E-state index is -0.205. The first-order valence-corrected chi connectivity index (χ1v) is 9.29. The Morgan fingerprint density at radius 1 is 1.07 bits per heavy atom. The first-order chi connectivity index (χ1) is 13.6. The highest BCUT2D eigenvalue weighted by molar-refractivity contribution is 6.00. The molecule has 0 fully saturated rings. The molecule has 7 heteroatoms. The first kappa shape index (κ1) is 17.9. The van der Waals surface area contributed by atoms with Crippen LogP contribution in [0.25, 0.3) is 22.7 Å². The molecule has 0 aliphatic heterocycles. The van der Waals surface area contributed by atoms with Crippen molar-refractivity contribution in [1.29, 1.82) is 0 Å². The van der Waals surface area contributed by atoms with Gasteiger partial charge in [-0.05, 0) is 31.0 Å². The molecule has 3 aromatic heterocycles. The van der Waals surface area contributed by atoms with Crippen molar-refractivity contribution in [3.63, 3.8) is 0 Å². The lowest BCUT2D eigenvalue weighted by Crippen LogP contribution is -2.36. The van der Waals surface area contributed by atoms with E-state index in [1.165, 1.54) is 0 Å². The van der Waals surface area contributed by atoms with Crippen molar-refractivity contribution in [3.05, 3.63) is 66.9 Å². The minimum Gasteiger partial charge on any atom is -0.348 e. The number of rotatable bonds is 5. The molecular formula is C21H22N6O. The van der Waals surface area contributed by atoms with Gasteiger partial charge in [-0.2, -0.15) is 5.10 Å². The van der Waals surface area contributed by atoms with Gasteiger partial charge in [-0.1, -0.05) is 32.0 Å². The maximum Gasteiger partial charge on any atom is 0.272 e. The lowest BCUT2D eigenvalue weighted by molar-refractivity contribution is 0.0927. The summed E-state index contributed by atoms with van der Waals surface area (Å²) < 4.78 is 3.69. The van der Waals surface area contributed by atoms with Crippen LogP contribution in [0.2, 0.25) is 0 Å². The minimum absolute atomic E-state index is 0.0409. The van der Waals surface area contributed by atoms with E-state index in [0.717, 1.165) is 11.4 Å². The molecule has 0 saturated heterocycles. The second-order valence-corrected chi connectivity index (χ2v) is 7.09. The van der Waals surface area contributed by atoms with Gasteiger partial charge < -0.3 is 5.32 Å². The van der Waals surface area contributed by atoms with Crippen LogP contribution in [0, 0.1) is 5.92 Å². The fraction of sp³-hybridized carbons (Fsp3) is 0.238. The van der Waals surface area contributed by atoms with Crippen molar-refractivity contribution in [2.24, 2.45) is 5.92 Å². The van der Waals surface area contributed by atoms with Gasteiger partial charge in [-0.3, -0.25) is 14.2 Å². The third kappa shape index (κ3) is 3.15. The highest BCUT2D eigenvalue weighted by atomic mass is 16.2. The van der Waals surface area contributed by atoms with Crippen molar-refractivity contribution in [1.82, 2.24) is 29.5 Å². The monoisotopic (exact) mass is 374 g/mol. The van der Waals surface area contributed by atoms with E-state index in [1.807, 2.05) is 58.6 Å². The quantitative estimate of drug-likeness (QED) is 0.581. The van der Waals surface area contributed by atoms with Crippen LogP contribution in [-0.4, -0.2) is 36.1 Å². The Kier molecular flexibility index (Phi) is 4.65. The number of hydrogen-bond acceptors (Lipinski definition) is 4. The van der Waals surface area contributed by atoms with Gasteiger partial charge in [0.2, 0.25) is 0 Å². The van der Waals surface area contributed by atoms with Gasteiger partial charge in [-0.15, -0.1) is 0 Å². The highest BCUT2D eigenvalue weighted by Crippen LogP contribution is 2.24. The molecule has 0 aliphatic carbocycles. The van der Waals surface area contributed by atoms with Crippen LogP contribution in [0.1, 0.15) is 31.3 Å². The number of carbonyl (C=O) groups excluding carboxylic acids is 1. The molecule has 142 valence electrons. The lowest BCUT2D eigenvalue weighted by Gasteiger charge is -2.16. The Morgan fingerprint density at radius 2 is 1.86 bits per heavy atom. The third-order valence-electron chi connectivity index (χ3n) is 4.89. The van der Waals surface area contributed by atoms with E-state index in [-0.39, 0.29) is 11.9 Å². The number of imidazole rings is 1. The van der Waals surface area contributed by atoms with Gasteiger partial charge in [0.15, 0.2) is 11.5 Å². The topological polar surface area (TPSA) is 77.1 Å². The second-order valence-electron chi connectivity index (χ2n) is 7.09. The Balaban J connectivity index is 1.83. The predicted molar refractivity (Wildman–Crippen MR) is 107 cm³/mol. The zero-order valence-corrected chi connectivity index (χ0v) is 16.1. The molecule has 0 radical (unpaired) electrons. The largest absolute Gasteiger partial charge is 0.348 e. The van der Waals surface area contributed by atoms with Crippen molar-refractivity contribution in [2.75, 3.05) is 0 Å². The summed E-state index contributed by atoms with van der Waals surface area (Å²) >= 11 is 0. The van der Waals surface area contributed by atoms with E-state index in [2.05, 4.69) is 34.2 Å². The molecule has 4 aromatic rings. The third-order valence-corrected chi connectivity index (χ3v) is 4.89. The number of fused-ring (bicyclic) bond motifs is 1. The molecule has 1 amide bonds. The van der Waals surface area contributed by atoms with E-state index in [9.17, 15) is 4.79 Å². The van der Waals surface area contributed by atoms with Crippen LogP contribution in [0.5, 0.6) is 0 Å². The molecular weight excluding hydrogens is 352 g/mol. The second kappa shape index (κ2) is 7.26. The Labute approximate surface area is 163 Å². The van der Waals surface area contributed by atoms with E-state index in [0.29, 0.717) is 23.0 Å². The number of nitrogens with zero attached hydrogens (tertiary/aromatic N) is 5. The number of benzene rings is 1. The molecule has 1 aromatic carbocycles. The molecule has 7 nitrogen and oxygen atoms in total. The summed E-state index contributed by atoms with van der Waals surface area (Å²) in [6.45, 7) is 6.13. The summed E-state index contributed by atoms with van der Waals surface area (Å²) in [5.41, 5.74) is 2.74. The van der Waals surface area contributed by atoms with Gasteiger partial charge in [0.05, 0.1) is 23.6 Å². The first-order valence-electron chi connectivity index (χ1n) is 9.29. The smallest absolute Gasteiger partial charge is 0.272 e. The molecule has 28 heavy (non-hydrogen) atoms. The van der Waals surface area contributed by atoms with Crippen LogP contribution in [0.4, 0.5) is 0 Å². The van der Waals surface area contributed by atoms with Crippen molar-refractivity contribution in [3.8, 4) is 17.2 Å². The fourth-order valence-electron chi connectivity index (χ4n) is 2.98. The lowest BCUT2D eigenvalue weighted by atomic mass is 10.1. The predicted octanol–water partition coefficient (Wildman–Crippen LogP) is 3.36. The number of aromatic nitrogens is 5. The van der Waals surface area contributed by atoms with Gasteiger partial charge in [0.25, 0.3) is 5.91 Å². The number of para-hydroxylation sites is 1. The summed E-state index contributed by atoms with van der Waals surface area (Å²) in [6.07, 6.45) is 6.88. The SMILES string of the molecule is CC(C)[C@@H](C)NC(=O)c1nc(-c2ccnn2-c2ccccc2)n2ccncc12. The number of carbonyl (C=O) groups is 1. The molecule has 4 rings (SSSR count). The van der Waals surface area contributed by atoms with Crippen molar-refractivity contribution >= 4 is 11.4 Å². The Bertz CT molecular complexity index is 1110. The summed E-state index contributed by atoms with van der Waals surface area (Å²) in [5.74, 6) is 0.764. The van der Waals surface area contributed by atoms with E-state index in [1.54, 1.807) is 18.6 Å². The van der Waals surface area contributed by atoms with E-state index >= 15 is 0 Å². The van der Waals surface area contributed by atoms with Crippen LogP contribution >= 0.6 is 0 Å². The zero-order chi connectivity index (χ0) is 19.7. The normalized spacial score (nSPS) is 12.4. The highest BCUT2D eigenvalue weighted by Gasteiger charge is 2.22. The Hall–Kier alpha value is -3.48. The summed E-state index contributed by atoms with van der Waals surface area (Å²) in [5, 5.41) is 7.47. The summed E-state index contributed by atoms with van der Waals surface area (Å²) in [6, 6.07) is 11.8. The number of nitrogens with one attached hydrogen (secondary N) is 1. The van der Waals surface area contributed by atoms with Gasteiger partial charge >= 0.3 is 0 Å². The molecule has 0 bridgehead atoms. The van der Waals surface area contributed by atoms with E-state index < -0.39 is 0 Å². The van der Waals surface area contributed by atoms with Crippen molar-refractivity contribution < 1.29 is 4.79 Å². The molecule has 0 spiro atoms. The molecule has 3 heterocycles. The van der Waals surface area contributed by atoms with Crippen LogP contribution in [0.3, 0.4) is 0 Å². The maximum absolute atomic E-state index is 12.9. The molecule has 1 atom stereocenters. The maximum atomic E-state index is 12.9. The zero-order valence-electron chi connectivity index (χ0n) is 16.1. The van der Waals surface area contributed by atoms with Crippen LogP contribution in [0.15, 0.2) is 61.2 Å². The molecule has 0 saturated carbocycles. The van der Waals surface area contributed by atoms with E-state index in [4.69, 9.17) is 0 Å². The van der Waals surface area contributed by atoms with Gasteiger partial charge in [0.1, 0.15) is 5.69 Å². The van der Waals surface area contributed by atoms with Gasteiger partial charge in [-0.25, -0.2) is 9.67 Å². The average Bonchev–Trinajstić information content (AvgIpc) is 3.33. The number of hydrogen-bond donors (Lipinski definition) is 1. The molecule has 0 unspecified atom stereocenters. The summed E-state index contributed by atoms with van der Waals surface area (Å²) in [4.78, 5) is 21.7. The molecule has 1 N–H and O–H groups in total. The number of amides is 1. The van der Waals surface area contributed by atoms with Crippen LogP contribution < -0.4 is 5.32 Å². The van der Waals surface area contributed by atoms with Crippen LogP contribution in [-0.2, 0) is 0 Å². The Morgan fingerprint density at radius 3 is 2.61 bits per heavy atom. The average molecular weight is 374 g/mol. The standard InChI is InChI=1S/C21H22N6O/c1-14(2)15(3)24-21(28)19-18-13-22-11-12-26(18)20(25-19)17-9-10-23-27(17)16-7-5-4-6-8-16/h4-15H,1-3H3,(H,24,28)/t15-/m1/s1. The fourth-order valence-corrected chi connectivity index (χ4v) is 2.98.